The Labute approximate surface area is 136 Å². The zero-order valence-electron chi connectivity index (χ0n) is 12.4. The van der Waals surface area contributed by atoms with E-state index in [9.17, 15) is 9.18 Å². The molecule has 0 spiro atoms. The molecule has 0 aliphatic rings. The van der Waals surface area contributed by atoms with Crippen molar-refractivity contribution in [3.63, 3.8) is 0 Å². The molecule has 3 aromatic rings. The number of rotatable bonds is 5. The lowest BCUT2D eigenvalue weighted by Gasteiger charge is -1.99. The molecule has 2 aromatic heterocycles. The number of alkyl halides is 1. The van der Waals surface area contributed by atoms with Crippen LogP contribution >= 0.6 is 11.3 Å². The summed E-state index contributed by atoms with van der Waals surface area (Å²) in [7, 11) is 0. The summed E-state index contributed by atoms with van der Waals surface area (Å²) in [6.07, 6.45) is 2.68. The fourth-order valence-electron chi connectivity index (χ4n) is 2.23. The molecule has 0 radical (unpaired) electrons. The molecule has 5 nitrogen and oxygen atoms in total. The van der Waals surface area contributed by atoms with E-state index >= 15 is 0 Å². The molecule has 2 heterocycles. The van der Waals surface area contributed by atoms with Gasteiger partial charge in [-0.25, -0.2) is 14.2 Å². The van der Waals surface area contributed by atoms with Crippen molar-refractivity contribution in [2.75, 3.05) is 0 Å². The maximum absolute atomic E-state index is 13.3. The van der Waals surface area contributed by atoms with E-state index in [1.54, 1.807) is 0 Å². The Bertz CT molecular complexity index is 857. The van der Waals surface area contributed by atoms with Gasteiger partial charge in [0.25, 0.3) is 0 Å². The van der Waals surface area contributed by atoms with Gasteiger partial charge in [0.2, 0.25) is 0 Å². The Morgan fingerprint density at radius 3 is 2.91 bits per heavy atom. The predicted molar refractivity (Wildman–Crippen MR) is 85.4 cm³/mol. The molecular weight excluding hydrogens is 317 g/mol. The van der Waals surface area contributed by atoms with Crippen LogP contribution in [0.1, 0.15) is 26.5 Å². The molecule has 1 N–H and O–H groups in total. The first-order valence-corrected chi connectivity index (χ1v) is 7.76. The Morgan fingerprint density at radius 1 is 1.43 bits per heavy atom. The second-order valence-electron chi connectivity index (χ2n) is 5.12. The first-order valence-electron chi connectivity index (χ1n) is 6.94. The lowest BCUT2D eigenvalue weighted by Crippen LogP contribution is -2.03. The molecule has 0 unspecified atom stereocenters. The standard InChI is InChI=1S/C16H14FN3O2S/c1-10-3-2-4-11(5-10)15-19-13(14(6-17)23-15)9-20-8-12(7-18-20)16(21)22/h2-5,7-8H,6,9H2,1H3,(H,21,22). The third-order valence-corrected chi connectivity index (χ3v) is 4.47. The van der Waals surface area contributed by atoms with E-state index in [4.69, 9.17) is 5.11 Å². The van der Waals surface area contributed by atoms with Crippen molar-refractivity contribution in [3.05, 3.63) is 58.4 Å². The van der Waals surface area contributed by atoms with Crippen molar-refractivity contribution in [1.29, 1.82) is 0 Å². The van der Waals surface area contributed by atoms with Gasteiger partial charge in [0.05, 0.1) is 28.9 Å². The normalized spacial score (nSPS) is 10.9. The van der Waals surface area contributed by atoms with E-state index < -0.39 is 12.6 Å². The Hall–Kier alpha value is -2.54. The lowest BCUT2D eigenvalue weighted by molar-refractivity contribution is 0.0697. The van der Waals surface area contributed by atoms with Crippen LogP contribution in [0.25, 0.3) is 10.6 Å². The largest absolute Gasteiger partial charge is 0.478 e. The van der Waals surface area contributed by atoms with Crippen LogP contribution in [0.2, 0.25) is 0 Å². The fourth-order valence-corrected chi connectivity index (χ4v) is 3.14. The van der Waals surface area contributed by atoms with Gasteiger partial charge in [-0.3, -0.25) is 4.68 Å². The quantitative estimate of drug-likeness (QED) is 0.776. The number of thiazole rings is 1. The molecule has 0 aliphatic heterocycles. The number of carbonyl (C=O) groups is 1. The molecule has 0 amide bonds. The summed E-state index contributed by atoms with van der Waals surface area (Å²) in [4.78, 5) is 15.9. The summed E-state index contributed by atoms with van der Waals surface area (Å²) < 4.78 is 14.7. The van der Waals surface area contributed by atoms with Crippen molar-refractivity contribution in [2.24, 2.45) is 0 Å². The van der Waals surface area contributed by atoms with Crippen LogP contribution in [0.5, 0.6) is 0 Å². The molecule has 1 aromatic carbocycles. The van der Waals surface area contributed by atoms with Crippen LogP contribution in [0, 0.1) is 6.92 Å². The van der Waals surface area contributed by atoms with Crippen LogP contribution in [0.3, 0.4) is 0 Å². The van der Waals surface area contributed by atoms with Crippen molar-refractivity contribution in [1.82, 2.24) is 14.8 Å². The molecule has 23 heavy (non-hydrogen) atoms. The predicted octanol–water partition coefficient (Wildman–Crippen LogP) is 3.53. The zero-order valence-corrected chi connectivity index (χ0v) is 13.2. The number of hydrogen-bond donors (Lipinski definition) is 1. The molecular formula is C16H14FN3O2S. The molecule has 3 rings (SSSR count). The molecule has 118 valence electrons. The van der Waals surface area contributed by atoms with Gasteiger partial charge < -0.3 is 5.11 Å². The van der Waals surface area contributed by atoms with Gasteiger partial charge in [-0.05, 0) is 13.0 Å². The summed E-state index contributed by atoms with van der Waals surface area (Å²) >= 11 is 1.31. The molecule has 7 heteroatoms. The van der Waals surface area contributed by atoms with Gasteiger partial charge in [-0.1, -0.05) is 23.8 Å². The number of carboxylic acid groups (broad SMARTS) is 1. The van der Waals surface area contributed by atoms with Gasteiger partial charge in [-0.2, -0.15) is 5.10 Å². The summed E-state index contributed by atoms with van der Waals surface area (Å²) in [6.45, 7) is 1.63. The minimum absolute atomic E-state index is 0.0981. The maximum Gasteiger partial charge on any atom is 0.338 e. The van der Waals surface area contributed by atoms with E-state index in [-0.39, 0.29) is 12.1 Å². The van der Waals surface area contributed by atoms with Gasteiger partial charge in [0.1, 0.15) is 11.7 Å². The maximum atomic E-state index is 13.3. The molecule has 0 saturated carbocycles. The van der Waals surface area contributed by atoms with E-state index in [1.165, 1.54) is 28.4 Å². The fraction of sp³-hybridized carbons (Fsp3) is 0.188. The molecule has 0 atom stereocenters. The average molecular weight is 331 g/mol. The number of nitrogens with zero attached hydrogens (tertiary/aromatic N) is 3. The molecule has 0 fully saturated rings. The molecule has 0 aliphatic carbocycles. The Kier molecular flexibility index (Phi) is 4.20. The van der Waals surface area contributed by atoms with Crippen molar-refractivity contribution < 1.29 is 14.3 Å². The van der Waals surface area contributed by atoms with Gasteiger partial charge in [0.15, 0.2) is 0 Å². The third-order valence-electron chi connectivity index (χ3n) is 3.36. The number of carboxylic acids is 1. The highest BCUT2D eigenvalue weighted by Crippen LogP contribution is 2.29. The van der Waals surface area contributed by atoms with E-state index in [0.717, 1.165) is 16.1 Å². The molecule has 0 saturated heterocycles. The lowest BCUT2D eigenvalue weighted by atomic mass is 10.1. The minimum atomic E-state index is -1.04. The average Bonchev–Trinajstić information content (AvgIpc) is 3.14. The Balaban J connectivity index is 1.91. The monoisotopic (exact) mass is 331 g/mol. The van der Waals surface area contributed by atoms with Gasteiger partial charge >= 0.3 is 5.97 Å². The third kappa shape index (κ3) is 3.29. The number of aryl methyl sites for hydroxylation is 1. The smallest absolute Gasteiger partial charge is 0.338 e. The summed E-state index contributed by atoms with van der Waals surface area (Å²) in [5.74, 6) is -1.04. The van der Waals surface area contributed by atoms with Crippen LogP contribution in [0.4, 0.5) is 4.39 Å². The second-order valence-corrected chi connectivity index (χ2v) is 6.21. The Morgan fingerprint density at radius 2 is 2.26 bits per heavy atom. The van der Waals surface area contributed by atoms with E-state index in [1.807, 2.05) is 31.2 Å². The summed E-state index contributed by atoms with van der Waals surface area (Å²) in [6, 6.07) is 7.87. The van der Waals surface area contributed by atoms with Crippen molar-refractivity contribution in [2.45, 2.75) is 20.1 Å². The first-order chi connectivity index (χ1) is 11.1. The van der Waals surface area contributed by atoms with Crippen molar-refractivity contribution >= 4 is 17.3 Å². The first kappa shape index (κ1) is 15.4. The zero-order chi connectivity index (χ0) is 16.4. The van der Waals surface area contributed by atoms with E-state index in [0.29, 0.717) is 10.6 Å². The van der Waals surface area contributed by atoms with E-state index in [2.05, 4.69) is 10.1 Å². The number of halogens is 1. The highest BCUT2D eigenvalue weighted by molar-refractivity contribution is 7.15. The van der Waals surface area contributed by atoms with Gasteiger partial charge in [0, 0.05) is 11.8 Å². The number of aromatic carboxylic acids is 1. The second kappa shape index (κ2) is 6.29. The van der Waals surface area contributed by atoms with Crippen LogP contribution < -0.4 is 0 Å². The SMILES string of the molecule is Cc1cccc(-c2nc(Cn3cc(C(=O)O)cn3)c(CF)s2)c1. The highest BCUT2D eigenvalue weighted by atomic mass is 32.1. The molecule has 0 bridgehead atoms. The van der Waals surface area contributed by atoms with Crippen molar-refractivity contribution in [3.8, 4) is 10.6 Å². The van der Waals surface area contributed by atoms with Crippen LogP contribution in [0.15, 0.2) is 36.7 Å². The summed E-state index contributed by atoms with van der Waals surface area (Å²) in [5, 5.41) is 13.7. The number of hydrogen-bond acceptors (Lipinski definition) is 4. The van der Waals surface area contributed by atoms with Crippen LogP contribution in [-0.4, -0.2) is 25.8 Å². The number of aromatic nitrogens is 3. The van der Waals surface area contributed by atoms with Gasteiger partial charge in [-0.15, -0.1) is 11.3 Å². The van der Waals surface area contributed by atoms with Crippen LogP contribution in [-0.2, 0) is 13.2 Å². The topological polar surface area (TPSA) is 68.0 Å². The number of benzene rings is 1. The minimum Gasteiger partial charge on any atom is -0.478 e. The summed E-state index contributed by atoms with van der Waals surface area (Å²) in [5.41, 5.74) is 2.73. The highest BCUT2D eigenvalue weighted by Gasteiger charge is 2.14.